The highest BCUT2D eigenvalue weighted by Gasteiger charge is 2.33. The molecule has 0 radical (unpaired) electrons. The molecule has 0 unspecified atom stereocenters. The van der Waals surface area contributed by atoms with Crippen LogP contribution in [0.2, 0.25) is 0 Å². The first-order chi connectivity index (χ1) is 12.2. The maximum Gasteiger partial charge on any atom is 0.267 e. The highest BCUT2D eigenvalue weighted by molar-refractivity contribution is 7.15. The SMILES string of the molecule is O=C(Nc1nnc([C@@H]2CC(=O)N(c3ccccc3)C2)s1)c1cccs1. The molecule has 1 aliphatic heterocycles. The Labute approximate surface area is 152 Å². The fourth-order valence-electron chi connectivity index (χ4n) is 2.75. The van der Waals surface area contributed by atoms with Crippen LogP contribution in [0.4, 0.5) is 10.8 Å². The van der Waals surface area contributed by atoms with Crippen molar-refractivity contribution in [1.29, 1.82) is 0 Å². The number of hydrogen-bond donors (Lipinski definition) is 1. The quantitative estimate of drug-likeness (QED) is 0.764. The van der Waals surface area contributed by atoms with Gasteiger partial charge in [0.15, 0.2) is 0 Å². The van der Waals surface area contributed by atoms with E-state index in [0.29, 0.717) is 23.0 Å². The van der Waals surface area contributed by atoms with E-state index < -0.39 is 0 Å². The molecule has 1 fully saturated rings. The summed E-state index contributed by atoms with van der Waals surface area (Å²) in [6.45, 7) is 0.580. The topological polar surface area (TPSA) is 75.2 Å². The summed E-state index contributed by atoms with van der Waals surface area (Å²) < 4.78 is 0. The van der Waals surface area contributed by atoms with E-state index in [1.807, 2.05) is 41.8 Å². The van der Waals surface area contributed by atoms with Crippen LogP contribution in [0.25, 0.3) is 0 Å². The molecule has 3 aromatic rings. The molecule has 1 atom stereocenters. The summed E-state index contributed by atoms with van der Waals surface area (Å²) in [7, 11) is 0. The van der Waals surface area contributed by atoms with E-state index >= 15 is 0 Å². The van der Waals surface area contributed by atoms with Gasteiger partial charge in [-0.05, 0) is 23.6 Å². The second-order valence-electron chi connectivity index (χ2n) is 5.62. The zero-order valence-corrected chi connectivity index (χ0v) is 14.7. The van der Waals surface area contributed by atoms with Gasteiger partial charge in [0.2, 0.25) is 11.0 Å². The van der Waals surface area contributed by atoms with Gasteiger partial charge in [-0.1, -0.05) is 35.6 Å². The zero-order valence-electron chi connectivity index (χ0n) is 13.1. The molecule has 126 valence electrons. The second kappa shape index (κ2) is 6.73. The van der Waals surface area contributed by atoms with Crippen LogP contribution in [0.3, 0.4) is 0 Å². The zero-order chi connectivity index (χ0) is 17.2. The maximum absolute atomic E-state index is 12.3. The Morgan fingerprint density at radius 2 is 2.00 bits per heavy atom. The number of carbonyl (C=O) groups excluding carboxylic acids is 2. The number of thiophene rings is 1. The standard InChI is InChI=1S/C17H14N4O2S2/c22-14-9-11(10-21(14)12-5-2-1-3-6-12)16-19-20-17(25-16)18-15(23)13-7-4-8-24-13/h1-8,11H,9-10H2,(H,18,20,23)/t11-/m1/s1. The van der Waals surface area contributed by atoms with E-state index in [9.17, 15) is 9.59 Å². The molecule has 1 saturated heterocycles. The number of aromatic nitrogens is 2. The molecule has 1 aliphatic rings. The number of nitrogens with one attached hydrogen (secondary N) is 1. The monoisotopic (exact) mass is 370 g/mol. The van der Waals surface area contributed by atoms with E-state index in [0.717, 1.165) is 10.7 Å². The van der Waals surface area contributed by atoms with Gasteiger partial charge in [0.25, 0.3) is 5.91 Å². The van der Waals surface area contributed by atoms with Gasteiger partial charge in [0.05, 0.1) is 4.88 Å². The lowest BCUT2D eigenvalue weighted by atomic mass is 10.1. The van der Waals surface area contributed by atoms with Crippen LogP contribution in [0.5, 0.6) is 0 Å². The van der Waals surface area contributed by atoms with Crippen molar-refractivity contribution in [1.82, 2.24) is 10.2 Å². The Kier molecular flexibility index (Phi) is 4.29. The number of amides is 2. The van der Waals surface area contributed by atoms with Crippen LogP contribution in [0.1, 0.15) is 27.0 Å². The molecule has 1 aromatic carbocycles. The molecule has 6 nitrogen and oxygen atoms in total. The van der Waals surface area contributed by atoms with Gasteiger partial charge in [-0.2, -0.15) is 0 Å². The van der Waals surface area contributed by atoms with Crippen molar-refractivity contribution in [2.45, 2.75) is 12.3 Å². The van der Waals surface area contributed by atoms with Crippen molar-refractivity contribution in [2.24, 2.45) is 0 Å². The minimum atomic E-state index is -0.189. The number of carbonyl (C=O) groups is 2. The first-order valence-electron chi connectivity index (χ1n) is 7.74. The lowest BCUT2D eigenvalue weighted by molar-refractivity contribution is -0.117. The molecule has 0 spiro atoms. The molecular formula is C17H14N4O2S2. The number of anilines is 2. The van der Waals surface area contributed by atoms with Crippen molar-refractivity contribution in [3.8, 4) is 0 Å². The summed E-state index contributed by atoms with van der Waals surface area (Å²) >= 11 is 2.70. The molecule has 0 bridgehead atoms. The summed E-state index contributed by atoms with van der Waals surface area (Å²) in [4.78, 5) is 26.8. The summed E-state index contributed by atoms with van der Waals surface area (Å²) in [6, 6.07) is 13.2. The fourth-order valence-corrected chi connectivity index (χ4v) is 4.20. The van der Waals surface area contributed by atoms with Crippen molar-refractivity contribution in [2.75, 3.05) is 16.8 Å². The van der Waals surface area contributed by atoms with E-state index in [2.05, 4.69) is 15.5 Å². The smallest absolute Gasteiger partial charge is 0.267 e. The Hall–Kier alpha value is -2.58. The lowest BCUT2D eigenvalue weighted by Gasteiger charge is -2.15. The van der Waals surface area contributed by atoms with Gasteiger partial charge >= 0.3 is 0 Å². The van der Waals surface area contributed by atoms with E-state index in [-0.39, 0.29) is 17.7 Å². The van der Waals surface area contributed by atoms with E-state index in [1.54, 1.807) is 11.0 Å². The maximum atomic E-state index is 12.3. The summed E-state index contributed by atoms with van der Waals surface area (Å²) in [5, 5.41) is 14.1. The van der Waals surface area contributed by atoms with Crippen molar-refractivity contribution < 1.29 is 9.59 Å². The van der Waals surface area contributed by atoms with Crippen LogP contribution in [-0.2, 0) is 4.79 Å². The van der Waals surface area contributed by atoms with Gasteiger partial charge in [-0.3, -0.25) is 14.9 Å². The molecule has 2 amide bonds. The average Bonchev–Trinajstić information content (AvgIpc) is 3.36. The van der Waals surface area contributed by atoms with E-state index in [4.69, 9.17) is 0 Å². The summed E-state index contributed by atoms with van der Waals surface area (Å²) in [5.41, 5.74) is 0.894. The van der Waals surface area contributed by atoms with Gasteiger partial charge in [-0.25, -0.2) is 0 Å². The minimum absolute atomic E-state index is 0.00223. The van der Waals surface area contributed by atoms with Crippen molar-refractivity contribution in [3.05, 3.63) is 57.7 Å². The van der Waals surface area contributed by atoms with Crippen LogP contribution < -0.4 is 10.2 Å². The predicted octanol–water partition coefficient (Wildman–Crippen LogP) is 3.37. The molecule has 4 rings (SSSR count). The molecule has 8 heteroatoms. The third-order valence-corrected chi connectivity index (χ3v) is 5.82. The van der Waals surface area contributed by atoms with Gasteiger partial charge in [0, 0.05) is 24.6 Å². The Balaban J connectivity index is 1.46. The van der Waals surface area contributed by atoms with Crippen LogP contribution in [-0.4, -0.2) is 28.6 Å². The third kappa shape index (κ3) is 3.31. The largest absolute Gasteiger partial charge is 0.312 e. The van der Waals surface area contributed by atoms with Crippen molar-refractivity contribution in [3.63, 3.8) is 0 Å². The van der Waals surface area contributed by atoms with Crippen LogP contribution in [0, 0.1) is 0 Å². The molecule has 3 heterocycles. The van der Waals surface area contributed by atoms with Gasteiger partial charge in [0.1, 0.15) is 5.01 Å². The van der Waals surface area contributed by atoms with Crippen LogP contribution >= 0.6 is 22.7 Å². The summed E-state index contributed by atoms with van der Waals surface area (Å²) in [5.74, 6) is -0.112. The minimum Gasteiger partial charge on any atom is -0.312 e. The van der Waals surface area contributed by atoms with Crippen molar-refractivity contribution >= 4 is 45.3 Å². The normalized spacial score (nSPS) is 17.0. The Morgan fingerprint density at radius 3 is 2.76 bits per heavy atom. The lowest BCUT2D eigenvalue weighted by Crippen LogP contribution is -2.24. The number of nitrogens with zero attached hydrogens (tertiary/aromatic N) is 3. The van der Waals surface area contributed by atoms with Crippen LogP contribution in [0.15, 0.2) is 47.8 Å². The molecule has 1 N–H and O–H groups in total. The fraction of sp³-hybridized carbons (Fsp3) is 0.176. The van der Waals surface area contributed by atoms with Gasteiger partial charge in [-0.15, -0.1) is 21.5 Å². The molecule has 25 heavy (non-hydrogen) atoms. The Morgan fingerprint density at radius 1 is 1.16 bits per heavy atom. The molecule has 2 aromatic heterocycles. The van der Waals surface area contributed by atoms with E-state index in [1.165, 1.54) is 22.7 Å². The van der Waals surface area contributed by atoms with Gasteiger partial charge < -0.3 is 4.90 Å². The average molecular weight is 370 g/mol. The highest BCUT2D eigenvalue weighted by atomic mass is 32.1. The first-order valence-corrected chi connectivity index (χ1v) is 9.44. The molecule has 0 saturated carbocycles. The summed E-state index contributed by atoms with van der Waals surface area (Å²) in [6.07, 6.45) is 0.405. The first kappa shape index (κ1) is 15.9. The number of hydrogen-bond acceptors (Lipinski definition) is 6. The molecule has 0 aliphatic carbocycles. The third-order valence-electron chi connectivity index (χ3n) is 3.95. The number of benzene rings is 1. The number of rotatable bonds is 4. The second-order valence-corrected chi connectivity index (χ2v) is 7.57. The predicted molar refractivity (Wildman–Crippen MR) is 98.3 cm³/mol. The number of para-hydroxylation sites is 1. The Bertz CT molecular complexity index is 893. The highest BCUT2D eigenvalue weighted by Crippen LogP contribution is 2.34. The molecular weight excluding hydrogens is 356 g/mol.